The van der Waals surface area contributed by atoms with E-state index in [1.54, 1.807) is 26.0 Å². The molecule has 1 aliphatic heterocycles. The number of urea groups is 1. The molecular weight excluding hydrogens is 286 g/mol. The van der Waals surface area contributed by atoms with Gasteiger partial charge in [-0.3, -0.25) is 9.59 Å². The average molecular weight is 305 g/mol. The molecule has 2 rings (SSSR count). The topological polar surface area (TPSA) is 113 Å². The van der Waals surface area contributed by atoms with Gasteiger partial charge in [0.25, 0.3) is 0 Å². The highest BCUT2D eigenvalue weighted by Gasteiger charge is 2.42. The number of nitrogens with zero attached hydrogens (tertiary/aromatic N) is 1. The molecule has 1 fully saturated rings. The third-order valence-corrected chi connectivity index (χ3v) is 3.89. The van der Waals surface area contributed by atoms with Gasteiger partial charge in [0.1, 0.15) is 0 Å². The van der Waals surface area contributed by atoms with Crippen LogP contribution >= 0.6 is 0 Å². The highest BCUT2D eigenvalue weighted by atomic mass is 16.4. The second kappa shape index (κ2) is 5.67. The molecule has 0 aromatic heterocycles. The van der Waals surface area contributed by atoms with Crippen LogP contribution in [0.3, 0.4) is 0 Å². The first-order valence-corrected chi connectivity index (χ1v) is 6.92. The number of rotatable bonds is 3. The number of amides is 3. The summed E-state index contributed by atoms with van der Waals surface area (Å²) in [5, 5.41) is 11.9. The van der Waals surface area contributed by atoms with Crippen molar-refractivity contribution in [3.8, 4) is 0 Å². The smallest absolute Gasteiger partial charge is 0.321 e. The predicted octanol–water partition coefficient (Wildman–Crippen LogP) is 1.42. The van der Waals surface area contributed by atoms with Crippen molar-refractivity contribution in [2.24, 2.45) is 11.1 Å². The van der Waals surface area contributed by atoms with Gasteiger partial charge in [0.2, 0.25) is 5.91 Å². The van der Waals surface area contributed by atoms with E-state index in [1.165, 1.54) is 11.0 Å². The van der Waals surface area contributed by atoms with Crippen LogP contribution in [0.5, 0.6) is 0 Å². The number of carbonyl (C=O) groups is 3. The maximum atomic E-state index is 12.2. The molecule has 0 radical (unpaired) electrons. The molecule has 0 saturated carbocycles. The zero-order chi connectivity index (χ0) is 16.5. The number of anilines is 1. The first kappa shape index (κ1) is 15.8. The highest BCUT2D eigenvalue weighted by Crippen LogP contribution is 2.30. The number of nitrogens with two attached hydrogens (primary N) is 1. The largest absolute Gasteiger partial charge is 0.481 e. The van der Waals surface area contributed by atoms with Gasteiger partial charge in [-0.05, 0) is 44.0 Å². The third-order valence-electron chi connectivity index (χ3n) is 3.89. The van der Waals surface area contributed by atoms with Gasteiger partial charge in [0.15, 0.2) is 0 Å². The number of hydrogen-bond acceptors (Lipinski definition) is 3. The van der Waals surface area contributed by atoms with Gasteiger partial charge in [-0.25, -0.2) is 4.79 Å². The summed E-state index contributed by atoms with van der Waals surface area (Å²) in [6.07, 6.45) is 0.413. The fourth-order valence-electron chi connectivity index (χ4n) is 2.51. The Morgan fingerprint density at radius 3 is 2.55 bits per heavy atom. The summed E-state index contributed by atoms with van der Waals surface area (Å²) < 4.78 is 0. The lowest BCUT2D eigenvalue weighted by Gasteiger charge is -2.20. The number of aryl methyl sites for hydroxylation is 1. The molecule has 1 aliphatic rings. The Balaban J connectivity index is 2.10. The Bertz CT molecular complexity index is 644. The first-order valence-electron chi connectivity index (χ1n) is 6.92. The van der Waals surface area contributed by atoms with E-state index in [0.717, 1.165) is 5.56 Å². The van der Waals surface area contributed by atoms with E-state index in [2.05, 4.69) is 5.32 Å². The van der Waals surface area contributed by atoms with E-state index in [4.69, 9.17) is 5.73 Å². The SMILES string of the molecule is Cc1cc(NC(=O)N2CCC(C)(C(=O)O)C2)cc(C(N)=O)c1. The summed E-state index contributed by atoms with van der Waals surface area (Å²) >= 11 is 0. The molecule has 1 aromatic carbocycles. The Kier molecular flexibility index (Phi) is 4.07. The fourth-order valence-corrected chi connectivity index (χ4v) is 2.51. The summed E-state index contributed by atoms with van der Waals surface area (Å²) in [7, 11) is 0. The summed E-state index contributed by atoms with van der Waals surface area (Å²) in [4.78, 5) is 36.1. The van der Waals surface area contributed by atoms with Crippen LogP contribution in [0.25, 0.3) is 0 Å². The van der Waals surface area contributed by atoms with E-state index in [0.29, 0.717) is 24.2 Å². The second-order valence-corrected chi connectivity index (χ2v) is 5.92. The van der Waals surface area contributed by atoms with Crippen LogP contribution in [0, 0.1) is 12.3 Å². The highest BCUT2D eigenvalue weighted by molar-refractivity contribution is 5.96. The van der Waals surface area contributed by atoms with Gasteiger partial charge in [-0.1, -0.05) is 0 Å². The first-order chi connectivity index (χ1) is 10.2. The van der Waals surface area contributed by atoms with Crippen LogP contribution in [-0.2, 0) is 4.79 Å². The van der Waals surface area contributed by atoms with Crippen LogP contribution in [-0.4, -0.2) is 41.0 Å². The van der Waals surface area contributed by atoms with Crippen LogP contribution in [0.4, 0.5) is 10.5 Å². The third kappa shape index (κ3) is 3.19. The Morgan fingerprint density at radius 2 is 2.00 bits per heavy atom. The summed E-state index contributed by atoms with van der Waals surface area (Å²) in [5.74, 6) is -1.48. The molecule has 0 aliphatic carbocycles. The van der Waals surface area contributed by atoms with E-state index in [-0.39, 0.29) is 12.6 Å². The van der Waals surface area contributed by atoms with E-state index in [1.807, 2.05) is 0 Å². The monoisotopic (exact) mass is 305 g/mol. The van der Waals surface area contributed by atoms with Crippen molar-refractivity contribution in [2.75, 3.05) is 18.4 Å². The number of benzene rings is 1. The number of primary amides is 1. The van der Waals surface area contributed by atoms with E-state index < -0.39 is 17.3 Å². The number of aliphatic carboxylic acids is 1. The summed E-state index contributed by atoms with van der Waals surface area (Å²) in [6.45, 7) is 3.95. The lowest BCUT2D eigenvalue weighted by molar-refractivity contribution is -0.146. The van der Waals surface area contributed by atoms with Gasteiger partial charge in [0.05, 0.1) is 5.41 Å². The van der Waals surface area contributed by atoms with Gasteiger partial charge in [-0.15, -0.1) is 0 Å². The zero-order valence-corrected chi connectivity index (χ0v) is 12.5. The minimum Gasteiger partial charge on any atom is -0.481 e. The van der Waals surface area contributed by atoms with Crippen molar-refractivity contribution in [1.29, 1.82) is 0 Å². The maximum absolute atomic E-state index is 12.2. The number of carboxylic acids is 1. The number of carboxylic acid groups (broad SMARTS) is 1. The van der Waals surface area contributed by atoms with E-state index >= 15 is 0 Å². The number of hydrogen-bond donors (Lipinski definition) is 3. The van der Waals surface area contributed by atoms with Crippen LogP contribution in [0.2, 0.25) is 0 Å². The molecule has 1 saturated heterocycles. The Morgan fingerprint density at radius 1 is 1.32 bits per heavy atom. The van der Waals surface area contributed by atoms with Crippen molar-refractivity contribution >= 4 is 23.6 Å². The standard InChI is InChI=1S/C15H19N3O4/c1-9-5-10(12(16)19)7-11(6-9)17-14(22)18-4-3-15(2,8-18)13(20)21/h5-7H,3-4,8H2,1-2H3,(H2,16,19)(H,17,22)(H,20,21). The molecule has 1 atom stereocenters. The van der Waals surface area contributed by atoms with Crippen LogP contribution < -0.4 is 11.1 Å². The molecule has 1 unspecified atom stereocenters. The number of carbonyl (C=O) groups excluding carboxylic acids is 2. The quantitative estimate of drug-likeness (QED) is 0.783. The molecular formula is C15H19N3O4. The Labute approximate surface area is 128 Å². The molecule has 1 aromatic rings. The maximum Gasteiger partial charge on any atom is 0.321 e. The predicted molar refractivity (Wildman–Crippen MR) is 80.6 cm³/mol. The normalized spacial score (nSPS) is 20.7. The summed E-state index contributed by atoms with van der Waals surface area (Å²) in [5.41, 5.74) is 5.90. The molecule has 1 heterocycles. The molecule has 0 bridgehead atoms. The molecule has 0 spiro atoms. The van der Waals surface area contributed by atoms with E-state index in [9.17, 15) is 19.5 Å². The van der Waals surface area contributed by atoms with Gasteiger partial charge >= 0.3 is 12.0 Å². The minimum absolute atomic E-state index is 0.155. The molecule has 118 valence electrons. The number of likely N-dealkylation sites (tertiary alicyclic amines) is 1. The van der Waals surface area contributed by atoms with Gasteiger partial charge in [-0.2, -0.15) is 0 Å². The van der Waals surface area contributed by atoms with Gasteiger partial charge < -0.3 is 21.1 Å². The lowest BCUT2D eigenvalue weighted by Crippen LogP contribution is -2.37. The minimum atomic E-state index is -0.914. The second-order valence-electron chi connectivity index (χ2n) is 5.92. The fraction of sp³-hybridized carbons (Fsp3) is 0.400. The van der Waals surface area contributed by atoms with Crippen molar-refractivity contribution in [2.45, 2.75) is 20.3 Å². The average Bonchev–Trinajstić information content (AvgIpc) is 2.82. The molecule has 22 heavy (non-hydrogen) atoms. The summed E-state index contributed by atoms with van der Waals surface area (Å²) in [6, 6.07) is 4.47. The molecule has 7 heteroatoms. The van der Waals surface area contributed by atoms with Crippen molar-refractivity contribution < 1.29 is 19.5 Å². The van der Waals surface area contributed by atoms with Gasteiger partial charge in [0, 0.05) is 24.3 Å². The van der Waals surface area contributed by atoms with Crippen LogP contribution in [0.1, 0.15) is 29.3 Å². The lowest BCUT2D eigenvalue weighted by atomic mass is 9.90. The molecule has 7 nitrogen and oxygen atoms in total. The Hall–Kier alpha value is -2.57. The van der Waals surface area contributed by atoms with Crippen molar-refractivity contribution in [3.63, 3.8) is 0 Å². The van der Waals surface area contributed by atoms with Crippen molar-refractivity contribution in [1.82, 2.24) is 4.90 Å². The van der Waals surface area contributed by atoms with Crippen molar-refractivity contribution in [3.05, 3.63) is 29.3 Å². The number of nitrogens with one attached hydrogen (secondary N) is 1. The zero-order valence-electron chi connectivity index (χ0n) is 12.5. The molecule has 4 N–H and O–H groups in total. The molecule has 3 amide bonds. The van der Waals surface area contributed by atoms with Crippen LogP contribution in [0.15, 0.2) is 18.2 Å².